The number of benzene rings is 1. The molecule has 110 valence electrons. The fourth-order valence-electron chi connectivity index (χ4n) is 3.32. The van der Waals surface area contributed by atoms with Gasteiger partial charge in [-0.25, -0.2) is 0 Å². The van der Waals surface area contributed by atoms with Crippen LogP contribution in [0, 0.1) is 0 Å². The Morgan fingerprint density at radius 2 is 1.70 bits per heavy atom. The summed E-state index contributed by atoms with van der Waals surface area (Å²) < 4.78 is 5.17. The van der Waals surface area contributed by atoms with Gasteiger partial charge in [0.25, 0.3) is 0 Å². The highest BCUT2D eigenvalue weighted by Crippen LogP contribution is 2.32. The lowest BCUT2D eigenvalue weighted by Crippen LogP contribution is -2.52. The fraction of sp³-hybridized carbons (Fsp3) is 0.588. The van der Waals surface area contributed by atoms with E-state index in [2.05, 4.69) is 18.7 Å². The van der Waals surface area contributed by atoms with Crippen molar-refractivity contribution in [3.8, 4) is 5.75 Å². The summed E-state index contributed by atoms with van der Waals surface area (Å²) in [6, 6.07) is 7.51. The molecule has 0 radical (unpaired) electrons. The van der Waals surface area contributed by atoms with Gasteiger partial charge in [0, 0.05) is 5.56 Å². The fourth-order valence-corrected chi connectivity index (χ4v) is 3.32. The molecule has 2 rings (SSSR count). The minimum atomic E-state index is -0.328. The van der Waals surface area contributed by atoms with Crippen molar-refractivity contribution in [2.75, 3.05) is 20.2 Å². The van der Waals surface area contributed by atoms with E-state index >= 15 is 0 Å². The summed E-state index contributed by atoms with van der Waals surface area (Å²) in [5, 5.41) is 0. The summed E-state index contributed by atoms with van der Waals surface area (Å²) in [6.45, 7) is 6.35. The zero-order valence-electron chi connectivity index (χ0n) is 12.8. The first-order chi connectivity index (χ1) is 9.67. The number of Topliss-reactive ketones (excluding diaryl/α,β-unsaturated/α-hetero) is 1. The third-order valence-electron chi connectivity index (χ3n) is 4.66. The minimum absolute atomic E-state index is 0.257. The first-order valence-corrected chi connectivity index (χ1v) is 7.62. The molecule has 0 saturated carbocycles. The van der Waals surface area contributed by atoms with Crippen LogP contribution in [0.1, 0.15) is 49.9 Å². The Kier molecular flexibility index (Phi) is 4.81. The van der Waals surface area contributed by atoms with Crippen LogP contribution in [0.2, 0.25) is 0 Å². The van der Waals surface area contributed by atoms with E-state index in [0.29, 0.717) is 0 Å². The molecule has 1 aromatic carbocycles. The average molecular weight is 275 g/mol. The third-order valence-corrected chi connectivity index (χ3v) is 4.66. The number of methoxy groups -OCH3 is 1. The molecule has 20 heavy (non-hydrogen) atoms. The number of carbonyl (C=O) groups is 1. The summed E-state index contributed by atoms with van der Waals surface area (Å²) in [7, 11) is 1.64. The van der Waals surface area contributed by atoms with Crippen LogP contribution in [0.25, 0.3) is 0 Å². The number of rotatable bonds is 6. The van der Waals surface area contributed by atoms with Gasteiger partial charge < -0.3 is 4.74 Å². The Hall–Kier alpha value is -1.35. The Morgan fingerprint density at radius 3 is 2.15 bits per heavy atom. The van der Waals surface area contributed by atoms with Crippen molar-refractivity contribution in [2.45, 2.75) is 45.1 Å². The average Bonchev–Trinajstić information content (AvgIpc) is 3.04. The monoisotopic (exact) mass is 275 g/mol. The number of hydrogen-bond acceptors (Lipinski definition) is 3. The standard InChI is InChI=1S/C17H25NO2/c1-4-17(5-2,18-12-6-7-13-18)16(19)14-8-10-15(20-3)11-9-14/h8-11H,4-7,12-13H2,1-3H3. The van der Waals surface area contributed by atoms with E-state index in [1.54, 1.807) is 7.11 Å². The van der Waals surface area contributed by atoms with Crippen molar-refractivity contribution in [3.63, 3.8) is 0 Å². The lowest BCUT2D eigenvalue weighted by atomic mass is 9.82. The number of likely N-dealkylation sites (tertiary alicyclic amines) is 1. The molecule has 3 nitrogen and oxygen atoms in total. The highest BCUT2D eigenvalue weighted by molar-refractivity contribution is 6.03. The Morgan fingerprint density at radius 1 is 1.15 bits per heavy atom. The second kappa shape index (κ2) is 6.40. The van der Waals surface area contributed by atoms with Crippen LogP contribution in [0.15, 0.2) is 24.3 Å². The zero-order valence-corrected chi connectivity index (χ0v) is 12.8. The molecule has 0 atom stereocenters. The summed E-state index contributed by atoms with van der Waals surface area (Å²) in [4.78, 5) is 15.4. The van der Waals surface area contributed by atoms with Gasteiger partial charge in [0.1, 0.15) is 5.75 Å². The van der Waals surface area contributed by atoms with Crippen molar-refractivity contribution >= 4 is 5.78 Å². The topological polar surface area (TPSA) is 29.5 Å². The zero-order chi connectivity index (χ0) is 14.6. The van der Waals surface area contributed by atoms with E-state index in [1.807, 2.05) is 24.3 Å². The predicted octanol–water partition coefficient (Wildman–Crippen LogP) is 3.53. The molecule has 0 amide bonds. The minimum Gasteiger partial charge on any atom is -0.497 e. The quantitative estimate of drug-likeness (QED) is 0.744. The molecule has 1 heterocycles. The maximum Gasteiger partial charge on any atom is 0.183 e. The maximum atomic E-state index is 13.0. The molecule has 0 N–H and O–H groups in total. The van der Waals surface area contributed by atoms with Crippen molar-refractivity contribution in [1.82, 2.24) is 4.90 Å². The molecule has 1 aliphatic heterocycles. The van der Waals surface area contributed by atoms with Crippen molar-refractivity contribution in [3.05, 3.63) is 29.8 Å². The van der Waals surface area contributed by atoms with Gasteiger partial charge in [0.05, 0.1) is 12.6 Å². The summed E-state index contributed by atoms with van der Waals surface area (Å²) in [6.07, 6.45) is 4.15. The predicted molar refractivity (Wildman–Crippen MR) is 81.4 cm³/mol. The van der Waals surface area contributed by atoms with Gasteiger partial charge in [-0.15, -0.1) is 0 Å². The van der Waals surface area contributed by atoms with Gasteiger partial charge >= 0.3 is 0 Å². The second-order valence-corrected chi connectivity index (χ2v) is 5.49. The molecular formula is C17H25NO2. The van der Waals surface area contributed by atoms with Crippen LogP contribution >= 0.6 is 0 Å². The molecule has 1 aliphatic rings. The molecule has 0 bridgehead atoms. The highest BCUT2D eigenvalue weighted by Gasteiger charge is 2.41. The molecule has 1 saturated heterocycles. The normalized spacial score (nSPS) is 16.4. The van der Waals surface area contributed by atoms with Crippen LogP contribution < -0.4 is 4.74 Å². The van der Waals surface area contributed by atoms with Crippen LogP contribution in [-0.4, -0.2) is 36.4 Å². The van der Waals surface area contributed by atoms with Gasteiger partial charge in [-0.1, -0.05) is 13.8 Å². The Bertz CT molecular complexity index is 443. The van der Waals surface area contributed by atoms with Gasteiger partial charge in [-0.05, 0) is 63.0 Å². The Balaban J connectivity index is 2.29. The molecular weight excluding hydrogens is 250 g/mol. The van der Waals surface area contributed by atoms with E-state index < -0.39 is 0 Å². The molecule has 0 aromatic heterocycles. The molecule has 1 aromatic rings. The number of ketones is 1. The molecule has 0 spiro atoms. The van der Waals surface area contributed by atoms with Crippen LogP contribution in [-0.2, 0) is 0 Å². The smallest absolute Gasteiger partial charge is 0.183 e. The largest absolute Gasteiger partial charge is 0.497 e. The van der Waals surface area contributed by atoms with Gasteiger partial charge in [-0.3, -0.25) is 9.69 Å². The molecule has 1 fully saturated rings. The van der Waals surface area contributed by atoms with Crippen LogP contribution in [0.3, 0.4) is 0 Å². The number of hydrogen-bond donors (Lipinski definition) is 0. The van der Waals surface area contributed by atoms with Crippen molar-refractivity contribution in [1.29, 1.82) is 0 Å². The lowest BCUT2D eigenvalue weighted by Gasteiger charge is -2.39. The van der Waals surface area contributed by atoms with E-state index in [0.717, 1.165) is 37.2 Å². The lowest BCUT2D eigenvalue weighted by molar-refractivity contribution is 0.0581. The Labute approximate surface area is 121 Å². The first kappa shape index (κ1) is 15.0. The first-order valence-electron chi connectivity index (χ1n) is 7.62. The number of nitrogens with zero attached hydrogens (tertiary/aromatic N) is 1. The van der Waals surface area contributed by atoms with E-state index in [-0.39, 0.29) is 11.3 Å². The van der Waals surface area contributed by atoms with Crippen molar-refractivity contribution < 1.29 is 9.53 Å². The molecule has 0 aliphatic carbocycles. The van der Waals surface area contributed by atoms with Gasteiger partial charge in [0.2, 0.25) is 0 Å². The molecule has 3 heteroatoms. The second-order valence-electron chi connectivity index (χ2n) is 5.49. The van der Waals surface area contributed by atoms with E-state index in [4.69, 9.17) is 4.74 Å². The summed E-state index contributed by atoms with van der Waals surface area (Å²) in [5.41, 5.74) is 0.465. The van der Waals surface area contributed by atoms with Crippen LogP contribution in [0.4, 0.5) is 0 Å². The molecule has 0 unspecified atom stereocenters. The van der Waals surface area contributed by atoms with Crippen LogP contribution in [0.5, 0.6) is 5.75 Å². The van der Waals surface area contributed by atoms with Crippen molar-refractivity contribution in [2.24, 2.45) is 0 Å². The highest BCUT2D eigenvalue weighted by atomic mass is 16.5. The summed E-state index contributed by atoms with van der Waals surface area (Å²) >= 11 is 0. The maximum absolute atomic E-state index is 13.0. The van der Waals surface area contributed by atoms with Gasteiger partial charge in [-0.2, -0.15) is 0 Å². The third kappa shape index (κ3) is 2.59. The number of carbonyl (C=O) groups excluding carboxylic acids is 1. The SMILES string of the molecule is CCC(CC)(C(=O)c1ccc(OC)cc1)N1CCCC1. The number of ether oxygens (including phenoxy) is 1. The van der Waals surface area contributed by atoms with Gasteiger partial charge in [0.15, 0.2) is 5.78 Å². The summed E-state index contributed by atoms with van der Waals surface area (Å²) in [5.74, 6) is 1.05. The van der Waals surface area contributed by atoms with E-state index in [1.165, 1.54) is 12.8 Å². The van der Waals surface area contributed by atoms with E-state index in [9.17, 15) is 4.79 Å².